The molecule has 1 aromatic heterocycles. The molecule has 1 aliphatic rings. The zero-order chi connectivity index (χ0) is 10.3. The Labute approximate surface area is 88.2 Å². The normalized spacial score (nSPS) is 16.6. The van der Waals surface area contributed by atoms with Gasteiger partial charge >= 0.3 is 0 Å². The Morgan fingerprint density at radius 3 is 2.27 bits per heavy atom. The van der Waals surface area contributed by atoms with Crippen molar-refractivity contribution in [1.82, 2.24) is 9.78 Å². The molecule has 74 valence electrons. The lowest BCUT2D eigenvalue weighted by molar-refractivity contribution is 0.515. The van der Waals surface area contributed by atoms with Crippen LogP contribution in [0.2, 0.25) is 0 Å². The van der Waals surface area contributed by atoms with E-state index in [2.05, 4.69) is 48.4 Å². The van der Waals surface area contributed by atoms with Crippen molar-refractivity contribution in [3.63, 3.8) is 0 Å². The fourth-order valence-electron chi connectivity index (χ4n) is 2.13. The molecular formula is C13H12N2. The summed E-state index contributed by atoms with van der Waals surface area (Å²) in [5, 5.41) is 6.88. The van der Waals surface area contributed by atoms with Crippen LogP contribution in [0.4, 0.5) is 0 Å². The van der Waals surface area contributed by atoms with Gasteiger partial charge in [0.05, 0.1) is 5.54 Å². The van der Waals surface area contributed by atoms with Gasteiger partial charge in [-0.15, -0.1) is 0 Å². The second kappa shape index (κ2) is 2.83. The van der Waals surface area contributed by atoms with Crippen LogP contribution in [-0.2, 0) is 5.54 Å². The maximum absolute atomic E-state index is 4.31. The van der Waals surface area contributed by atoms with Gasteiger partial charge in [0.15, 0.2) is 0 Å². The number of hydrogen-bond donors (Lipinski definition) is 0. The van der Waals surface area contributed by atoms with Gasteiger partial charge in [-0.05, 0) is 35.6 Å². The second-order valence-corrected chi connectivity index (χ2v) is 4.09. The highest BCUT2D eigenvalue weighted by Gasteiger charge is 2.23. The molecule has 1 heterocycles. The first-order valence-corrected chi connectivity index (χ1v) is 5.09. The molecule has 1 aliphatic carbocycles. The predicted molar refractivity (Wildman–Crippen MR) is 60.5 cm³/mol. The van der Waals surface area contributed by atoms with Crippen LogP contribution >= 0.6 is 0 Å². The highest BCUT2D eigenvalue weighted by Crippen LogP contribution is 2.20. The van der Waals surface area contributed by atoms with Crippen molar-refractivity contribution in [2.24, 2.45) is 0 Å². The quantitative estimate of drug-likeness (QED) is 0.662. The van der Waals surface area contributed by atoms with Gasteiger partial charge in [0.1, 0.15) is 0 Å². The minimum Gasteiger partial charge on any atom is -0.259 e. The summed E-state index contributed by atoms with van der Waals surface area (Å²) in [4.78, 5) is 0. The van der Waals surface area contributed by atoms with Gasteiger partial charge in [-0.1, -0.05) is 24.3 Å². The average Bonchev–Trinajstić information content (AvgIpc) is 2.83. The number of benzene rings is 1. The maximum atomic E-state index is 4.31. The van der Waals surface area contributed by atoms with Crippen molar-refractivity contribution in [3.8, 4) is 0 Å². The molecule has 0 radical (unpaired) electrons. The summed E-state index contributed by atoms with van der Waals surface area (Å²) in [5.74, 6) is 0. The maximum Gasteiger partial charge on any atom is 0.0977 e. The molecule has 2 aromatic rings. The third kappa shape index (κ3) is 1.22. The molecule has 3 rings (SSSR count). The van der Waals surface area contributed by atoms with Crippen molar-refractivity contribution in [2.75, 3.05) is 0 Å². The van der Waals surface area contributed by atoms with Crippen LogP contribution in [0.5, 0.6) is 0 Å². The molecule has 0 fully saturated rings. The number of fused-ring (bicyclic) bond motifs is 1. The summed E-state index contributed by atoms with van der Waals surface area (Å²) in [5.41, 5.74) is -0.118. The van der Waals surface area contributed by atoms with Gasteiger partial charge in [0.2, 0.25) is 0 Å². The van der Waals surface area contributed by atoms with Gasteiger partial charge in [0, 0.05) is 12.4 Å². The average molecular weight is 196 g/mol. The summed E-state index contributed by atoms with van der Waals surface area (Å²) in [6.45, 7) is 2.17. The minimum atomic E-state index is -0.118. The van der Waals surface area contributed by atoms with Gasteiger partial charge in [-0.2, -0.15) is 5.10 Å². The van der Waals surface area contributed by atoms with E-state index in [9.17, 15) is 0 Å². The molecular weight excluding hydrogens is 184 g/mol. The molecule has 0 unspecified atom stereocenters. The summed E-state index contributed by atoms with van der Waals surface area (Å²) < 4.78 is 1.98. The lowest BCUT2D eigenvalue weighted by Gasteiger charge is -2.19. The van der Waals surface area contributed by atoms with E-state index in [0.29, 0.717) is 0 Å². The lowest BCUT2D eigenvalue weighted by Crippen LogP contribution is -2.23. The Hall–Kier alpha value is -1.83. The van der Waals surface area contributed by atoms with E-state index in [4.69, 9.17) is 0 Å². The first-order valence-electron chi connectivity index (χ1n) is 5.09. The first kappa shape index (κ1) is 8.48. The van der Waals surface area contributed by atoms with Crippen LogP contribution in [0, 0.1) is 0 Å². The number of hydrogen-bond acceptors (Lipinski definition) is 1. The zero-order valence-corrected chi connectivity index (χ0v) is 8.59. The Morgan fingerprint density at radius 2 is 1.73 bits per heavy atom. The molecule has 1 aromatic carbocycles. The number of nitrogens with zero attached hydrogens (tertiary/aromatic N) is 2. The first-order chi connectivity index (χ1) is 7.28. The van der Waals surface area contributed by atoms with Crippen molar-refractivity contribution in [3.05, 3.63) is 53.2 Å². The highest BCUT2D eigenvalue weighted by molar-refractivity contribution is 5.58. The fourth-order valence-corrected chi connectivity index (χ4v) is 2.13. The third-order valence-electron chi connectivity index (χ3n) is 2.89. The van der Waals surface area contributed by atoms with Crippen LogP contribution in [-0.4, -0.2) is 9.78 Å². The molecule has 2 heteroatoms. The topological polar surface area (TPSA) is 17.8 Å². The van der Waals surface area contributed by atoms with Crippen LogP contribution in [0.1, 0.15) is 6.92 Å². The predicted octanol–water partition coefficient (Wildman–Crippen LogP) is 0.873. The van der Waals surface area contributed by atoms with E-state index in [1.54, 1.807) is 0 Å². The van der Waals surface area contributed by atoms with Crippen molar-refractivity contribution < 1.29 is 0 Å². The summed E-state index contributed by atoms with van der Waals surface area (Å²) in [6, 6.07) is 10.4. The number of rotatable bonds is 1. The zero-order valence-electron chi connectivity index (χ0n) is 8.59. The largest absolute Gasteiger partial charge is 0.259 e. The van der Waals surface area contributed by atoms with Gasteiger partial charge in [-0.25, -0.2) is 0 Å². The monoisotopic (exact) mass is 196 g/mol. The Morgan fingerprint density at radius 1 is 1.07 bits per heavy atom. The smallest absolute Gasteiger partial charge is 0.0977 e. The fraction of sp³-hybridized carbons (Fsp3) is 0.154. The van der Waals surface area contributed by atoms with E-state index in [0.717, 1.165) is 0 Å². The Bertz CT molecular complexity index is 559. The van der Waals surface area contributed by atoms with Crippen LogP contribution < -0.4 is 10.4 Å². The second-order valence-electron chi connectivity index (χ2n) is 4.09. The standard InChI is InChI=1S/C13H12N2/c1-13(15-8-4-7-14-15)9-11-5-2-3-6-12(11)10-13/h2-10H,1H3. The van der Waals surface area contributed by atoms with Crippen LogP contribution in [0.25, 0.3) is 12.2 Å². The molecule has 0 amide bonds. The molecule has 0 saturated heterocycles. The van der Waals surface area contributed by atoms with Gasteiger partial charge in [-0.3, -0.25) is 4.68 Å². The Kier molecular flexibility index (Phi) is 1.60. The van der Waals surface area contributed by atoms with E-state index in [1.165, 1.54) is 10.4 Å². The molecule has 15 heavy (non-hydrogen) atoms. The van der Waals surface area contributed by atoms with Crippen LogP contribution in [0.15, 0.2) is 42.7 Å². The van der Waals surface area contributed by atoms with E-state index >= 15 is 0 Å². The van der Waals surface area contributed by atoms with Crippen molar-refractivity contribution >= 4 is 12.2 Å². The minimum absolute atomic E-state index is 0.118. The molecule has 0 saturated carbocycles. The Balaban J connectivity index is 2.25. The molecule has 0 aliphatic heterocycles. The van der Waals surface area contributed by atoms with E-state index in [1.807, 2.05) is 23.1 Å². The van der Waals surface area contributed by atoms with E-state index in [-0.39, 0.29) is 5.54 Å². The molecule has 2 nitrogen and oxygen atoms in total. The molecule has 0 atom stereocenters. The number of aromatic nitrogens is 2. The lowest BCUT2D eigenvalue weighted by atomic mass is 10.1. The summed E-state index contributed by atoms with van der Waals surface area (Å²) in [6.07, 6.45) is 8.31. The molecule has 0 spiro atoms. The summed E-state index contributed by atoms with van der Waals surface area (Å²) in [7, 11) is 0. The third-order valence-corrected chi connectivity index (χ3v) is 2.89. The van der Waals surface area contributed by atoms with Gasteiger partial charge in [0.25, 0.3) is 0 Å². The van der Waals surface area contributed by atoms with Crippen LogP contribution in [0.3, 0.4) is 0 Å². The van der Waals surface area contributed by atoms with Crippen molar-refractivity contribution in [1.29, 1.82) is 0 Å². The van der Waals surface area contributed by atoms with Crippen molar-refractivity contribution in [2.45, 2.75) is 12.5 Å². The van der Waals surface area contributed by atoms with E-state index < -0.39 is 0 Å². The molecule has 0 N–H and O–H groups in total. The highest BCUT2D eigenvalue weighted by atomic mass is 15.3. The van der Waals surface area contributed by atoms with Gasteiger partial charge < -0.3 is 0 Å². The SMILES string of the molecule is CC1(n2cccn2)C=c2ccccc2=C1. The molecule has 0 bridgehead atoms. The summed E-state index contributed by atoms with van der Waals surface area (Å²) >= 11 is 0.